The molecular formula is C12H16Br2N2O2S. The molecule has 0 aliphatic carbocycles. The summed E-state index contributed by atoms with van der Waals surface area (Å²) in [5.74, 6) is 0. The number of rotatable bonds is 2. The lowest BCUT2D eigenvalue weighted by atomic mass is 10.0. The highest BCUT2D eigenvalue weighted by atomic mass is 79.9. The Morgan fingerprint density at radius 2 is 2.05 bits per heavy atom. The lowest BCUT2D eigenvalue weighted by molar-refractivity contribution is 0.247. The van der Waals surface area contributed by atoms with Crippen molar-refractivity contribution in [1.29, 1.82) is 0 Å². The first kappa shape index (κ1) is 15.4. The SMILES string of the molecule is CC1CC(N)CCN1S(=O)(=O)c1cc(Br)ccc1Br. The van der Waals surface area contributed by atoms with Crippen LogP contribution in [0.3, 0.4) is 0 Å². The molecule has 2 rings (SSSR count). The van der Waals surface area contributed by atoms with Gasteiger partial charge < -0.3 is 5.73 Å². The lowest BCUT2D eigenvalue weighted by Gasteiger charge is -2.35. The summed E-state index contributed by atoms with van der Waals surface area (Å²) in [6.45, 7) is 2.38. The first-order valence-corrected chi connectivity index (χ1v) is 9.07. The van der Waals surface area contributed by atoms with Crippen molar-refractivity contribution in [3.05, 3.63) is 27.1 Å². The number of hydrogen-bond donors (Lipinski definition) is 1. The Morgan fingerprint density at radius 1 is 1.37 bits per heavy atom. The predicted octanol–water partition coefficient (Wildman–Crippen LogP) is 2.71. The topological polar surface area (TPSA) is 63.4 Å². The molecule has 0 radical (unpaired) electrons. The van der Waals surface area contributed by atoms with E-state index in [1.54, 1.807) is 22.5 Å². The lowest BCUT2D eigenvalue weighted by Crippen LogP contribution is -2.48. The molecule has 0 spiro atoms. The zero-order chi connectivity index (χ0) is 14.2. The summed E-state index contributed by atoms with van der Waals surface area (Å²) in [5, 5.41) is 0. The summed E-state index contributed by atoms with van der Waals surface area (Å²) >= 11 is 6.63. The Hall–Kier alpha value is 0.0500. The summed E-state index contributed by atoms with van der Waals surface area (Å²) in [6.07, 6.45) is 1.40. The van der Waals surface area contributed by atoms with Gasteiger partial charge in [0.1, 0.15) is 0 Å². The van der Waals surface area contributed by atoms with Crippen LogP contribution >= 0.6 is 31.9 Å². The van der Waals surface area contributed by atoms with Crippen LogP contribution in [-0.4, -0.2) is 31.4 Å². The molecule has 0 saturated carbocycles. The molecule has 7 heteroatoms. The van der Waals surface area contributed by atoms with Gasteiger partial charge in [0.2, 0.25) is 10.0 Å². The van der Waals surface area contributed by atoms with Crippen molar-refractivity contribution in [2.75, 3.05) is 6.54 Å². The van der Waals surface area contributed by atoms with Crippen LogP contribution in [0.4, 0.5) is 0 Å². The quantitative estimate of drug-likeness (QED) is 0.813. The molecule has 0 aromatic heterocycles. The fourth-order valence-electron chi connectivity index (χ4n) is 2.35. The van der Waals surface area contributed by atoms with Crippen molar-refractivity contribution in [1.82, 2.24) is 4.31 Å². The van der Waals surface area contributed by atoms with Crippen LogP contribution in [0.15, 0.2) is 32.0 Å². The van der Waals surface area contributed by atoms with E-state index < -0.39 is 10.0 Å². The number of piperidine rings is 1. The van der Waals surface area contributed by atoms with E-state index in [2.05, 4.69) is 31.9 Å². The summed E-state index contributed by atoms with van der Waals surface area (Å²) in [4.78, 5) is 0.296. The Labute approximate surface area is 130 Å². The number of halogens is 2. The van der Waals surface area contributed by atoms with Crippen LogP contribution in [0, 0.1) is 0 Å². The van der Waals surface area contributed by atoms with Crippen molar-refractivity contribution in [3.63, 3.8) is 0 Å². The molecule has 2 atom stereocenters. The molecule has 1 aliphatic rings. The van der Waals surface area contributed by atoms with Crippen molar-refractivity contribution in [3.8, 4) is 0 Å². The molecule has 2 unspecified atom stereocenters. The van der Waals surface area contributed by atoms with E-state index in [4.69, 9.17) is 5.73 Å². The molecule has 19 heavy (non-hydrogen) atoms. The van der Waals surface area contributed by atoms with Crippen LogP contribution < -0.4 is 5.73 Å². The molecule has 1 aliphatic heterocycles. The molecule has 4 nitrogen and oxygen atoms in total. The third-order valence-electron chi connectivity index (χ3n) is 3.34. The highest BCUT2D eigenvalue weighted by Crippen LogP contribution is 2.31. The van der Waals surface area contributed by atoms with Gasteiger partial charge in [-0.3, -0.25) is 0 Å². The van der Waals surface area contributed by atoms with Gasteiger partial charge in [-0.25, -0.2) is 8.42 Å². The van der Waals surface area contributed by atoms with Crippen LogP contribution in [0.2, 0.25) is 0 Å². The average molecular weight is 412 g/mol. The zero-order valence-corrected chi connectivity index (χ0v) is 14.5. The monoisotopic (exact) mass is 410 g/mol. The van der Waals surface area contributed by atoms with Gasteiger partial charge in [0.05, 0.1) is 4.90 Å². The molecule has 1 fully saturated rings. The van der Waals surface area contributed by atoms with E-state index in [9.17, 15) is 8.42 Å². The maximum Gasteiger partial charge on any atom is 0.244 e. The van der Waals surface area contributed by atoms with Crippen molar-refractivity contribution in [2.24, 2.45) is 5.73 Å². The maximum absolute atomic E-state index is 12.7. The number of benzene rings is 1. The fourth-order valence-corrected chi connectivity index (χ4v) is 5.47. The number of nitrogens with two attached hydrogens (primary N) is 1. The van der Waals surface area contributed by atoms with Gasteiger partial charge in [-0.15, -0.1) is 0 Å². The summed E-state index contributed by atoms with van der Waals surface area (Å²) < 4.78 is 28.3. The van der Waals surface area contributed by atoms with Crippen LogP contribution in [0.25, 0.3) is 0 Å². The Balaban J connectivity index is 2.39. The van der Waals surface area contributed by atoms with E-state index in [1.165, 1.54) is 0 Å². The minimum absolute atomic E-state index is 0.0698. The normalized spacial score (nSPS) is 25.5. The first-order chi connectivity index (χ1) is 8.82. The second-order valence-electron chi connectivity index (χ2n) is 4.82. The van der Waals surface area contributed by atoms with Gasteiger partial charge in [-0.2, -0.15) is 4.31 Å². The highest BCUT2D eigenvalue weighted by Gasteiger charge is 2.34. The molecule has 1 aromatic rings. The zero-order valence-electron chi connectivity index (χ0n) is 10.5. The molecule has 1 heterocycles. The van der Waals surface area contributed by atoms with Crippen LogP contribution in [0.1, 0.15) is 19.8 Å². The number of sulfonamides is 1. The molecular weight excluding hydrogens is 396 g/mol. The van der Waals surface area contributed by atoms with Crippen molar-refractivity contribution < 1.29 is 8.42 Å². The number of hydrogen-bond acceptors (Lipinski definition) is 3. The minimum Gasteiger partial charge on any atom is -0.328 e. The second-order valence-corrected chi connectivity index (χ2v) is 8.45. The van der Waals surface area contributed by atoms with Gasteiger partial charge >= 0.3 is 0 Å². The standard InChI is InChI=1S/C12H16Br2N2O2S/c1-8-6-10(15)4-5-16(8)19(17,18)12-7-9(13)2-3-11(12)14/h2-3,7-8,10H,4-6,15H2,1H3. The summed E-state index contributed by atoms with van der Waals surface area (Å²) in [6, 6.07) is 5.18. The smallest absolute Gasteiger partial charge is 0.244 e. The van der Waals surface area contributed by atoms with E-state index in [0.717, 1.165) is 4.47 Å². The fraction of sp³-hybridized carbons (Fsp3) is 0.500. The Bertz CT molecular complexity index is 577. The van der Waals surface area contributed by atoms with Crippen molar-refractivity contribution in [2.45, 2.75) is 36.7 Å². The third kappa shape index (κ3) is 3.21. The van der Waals surface area contributed by atoms with Crippen LogP contribution in [0.5, 0.6) is 0 Å². The van der Waals surface area contributed by atoms with Gasteiger partial charge in [0.25, 0.3) is 0 Å². The summed E-state index contributed by atoms with van der Waals surface area (Å²) in [5.41, 5.74) is 5.89. The largest absolute Gasteiger partial charge is 0.328 e. The molecule has 106 valence electrons. The Kier molecular flexibility index (Phi) is 4.72. The van der Waals surface area contributed by atoms with Gasteiger partial charge in [0, 0.05) is 27.6 Å². The Morgan fingerprint density at radius 3 is 2.68 bits per heavy atom. The number of nitrogens with zero attached hydrogens (tertiary/aromatic N) is 1. The van der Waals surface area contributed by atoms with Crippen molar-refractivity contribution >= 4 is 41.9 Å². The predicted molar refractivity (Wildman–Crippen MR) is 82.4 cm³/mol. The average Bonchev–Trinajstić information content (AvgIpc) is 2.31. The van der Waals surface area contributed by atoms with E-state index in [1.807, 2.05) is 6.92 Å². The highest BCUT2D eigenvalue weighted by molar-refractivity contribution is 9.11. The third-order valence-corrected chi connectivity index (χ3v) is 6.84. The second kappa shape index (κ2) is 5.81. The minimum atomic E-state index is -3.49. The molecule has 1 saturated heterocycles. The van der Waals surface area contributed by atoms with E-state index in [0.29, 0.717) is 28.8 Å². The van der Waals surface area contributed by atoms with E-state index in [-0.39, 0.29) is 12.1 Å². The van der Waals surface area contributed by atoms with Gasteiger partial charge in [0.15, 0.2) is 0 Å². The van der Waals surface area contributed by atoms with E-state index >= 15 is 0 Å². The van der Waals surface area contributed by atoms with Crippen LogP contribution in [-0.2, 0) is 10.0 Å². The van der Waals surface area contributed by atoms with Gasteiger partial charge in [-0.1, -0.05) is 15.9 Å². The molecule has 1 aromatic carbocycles. The molecule has 2 N–H and O–H groups in total. The molecule has 0 amide bonds. The first-order valence-electron chi connectivity index (χ1n) is 6.05. The maximum atomic E-state index is 12.7. The molecule has 0 bridgehead atoms. The van der Waals surface area contributed by atoms with Gasteiger partial charge in [-0.05, 0) is 53.9 Å². The summed E-state index contributed by atoms with van der Waals surface area (Å²) in [7, 11) is -3.49.